The van der Waals surface area contributed by atoms with E-state index in [4.69, 9.17) is 0 Å². The second kappa shape index (κ2) is 14.5. The zero-order valence-electron chi connectivity index (χ0n) is 23.0. The number of aryl methyl sites for hydroxylation is 1. The normalized spacial score (nSPS) is 16.4. The number of amides is 2. The van der Waals surface area contributed by atoms with Gasteiger partial charge in [-0.25, -0.2) is 13.2 Å². The predicted octanol–water partition coefficient (Wildman–Crippen LogP) is 7.06. The fraction of sp³-hybridized carbons (Fsp3) is 0.375. The number of halogens is 3. The summed E-state index contributed by atoms with van der Waals surface area (Å²) < 4.78 is 41.4. The molecule has 40 heavy (non-hydrogen) atoms. The van der Waals surface area contributed by atoms with Crippen molar-refractivity contribution in [3.63, 3.8) is 0 Å². The van der Waals surface area contributed by atoms with Gasteiger partial charge in [-0.2, -0.15) is 0 Å². The lowest BCUT2D eigenvalue weighted by Crippen LogP contribution is -2.45. The van der Waals surface area contributed by atoms with Gasteiger partial charge in [-0.05, 0) is 59.7 Å². The largest absolute Gasteiger partial charge is 0.508 e. The number of nitrogens with zero attached hydrogens (tertiary/aromatic N) is 1. The molecule has 0 heterocycles. The monoisotopic (exact) mass is 556 g/mol. The lowest BCUT2D eigenvalue weighted by molar-refractivity contribution is -0.141. The van der Waals surface area contributed by atoms with Crippen LogP contribution in [0.15, 0.2) is 78.9 Å². The van der Waals surface area contributed by atoms with E-state index in [1.807, 2.05) is 13.8 Å². The van der Waals surface area contributed by atoms with Crippen molar-refractivity contribution in [2.75, 3.05) is 6.54 Å². The summed E-state index contributed by atoms with van der Waals surface area (Å²) in [5.41, 5.74) is 2.10. The Labute approximate surface area is 235 Å². The van der Waals surface area contributed by atoms with Crippen molar-refractivity contribution >= 4 is 11.8 Å². The van der Waals surface area contributed by atoms with Gasteiger partial charge in [0.05, 0.1) is 0 Å². The molecule has 2 unspecified atom stereocenters. The highest BCUT2D eigenvalue weighted by Gasteiger charge is 2.42. The molecule has 3 aromatic carbocycles. The van der Waals surface area contributed by atoms with Crippen LogP contribution in [0.3, 0.4) is 0 Å². The maximum absolute atomic E-state index is 14.0. The Morgan fingerprint density at radius 1 is 1.00 bits per heavy atom. The molecule has 1 fully saturated rings. The van der Waals surface area contributed by atoms with Gasteiger partial charge in [-0.3, -0.25) is 9.59 Å². The minimum atomic E-state index is -2.78. The molecular formula is C32H39F3N2O3. The highest BCUT2D eigenvalue weighted by Crippen LogP contribution is 2.40. The quantitative estimate of drug-likeness (QED) is 0.281. The molecule has 2 atom stereocenters. The zero-order chi connectivity index (χ0) is 29.1. The Morgan fingerprint density at radius 3 is 2.23 bits per heavy atom. The SMILES string of the molecule is CC.O=C(NCc1ccc(F)cc1)C(c1ccccc1)N(CC1CCC(F)(F)C1)C(=O)CCc1ccc(O)cc1.[HH]. The summed E-state index contributed by atoms with van der Waals surface area (Å²) in [4.78, 5) is 28.7. The predicted molar refractivity (Wildman–Crippen MR) is 151 cm³/mol. The maximum Gasteiger partial charge on any atom is 0.248 e. The van der Waals surface area contributed by atoms with Gasteiger partial charge in [0.25, 0.3) is 0 Å². The Bertz CT molecular complexity index is 1230. The van der Waals surface area contributed by atoms with Gasteiger partial charge >= 0.3 is 0 Å². The molecule has 0 spiro atoms. The van der Waals surface area contributed by atoms with Crippen molar-refractivity contribution < 1.29 is 29.3 Å². The number of carbonyl (C=O) groups is 2. The van der Waals surface area contributed by atoms with Crippen molar-refractivity contribution in [2.45, 2.75) is 64.5 Å². The van der Waals surface area contributed by atoms with Crippen LogP contribution >= 0.6 is 0 Å². The van der Waals surface area contributed by atoms with E-state index in [9.17, 15) is 27.9 Å². The molecule has 1 aliphatic rings. The van der Waals surface area contributed by atoms with Crippen molar-refractivity contribution in [1.82, 2.24) is 10.2 Å². The highest BCUT2D eigenvalue weighted by atomic mass is 19.3. The molecule has 0 aromatic heterocycles. The maximum atomic E-state index is 14.0. The molecule has 8 heteroatoms. The molecule has 0 bridgehead atoms. The van der Waals surface area contributed by atoms with Gasteiger partial charge in [0.1, 0.15) is 17.6 Å². The topological polar surface area (TPSA) is 69.6 Å². The van der Waals surface area contributed by atoms with Crippen LogP contribution in [0.5, 0.6) is 5.75 Å². The van der Waals surface area contributed by atoms with Crippen molar-refractivity contribution in [2.24, 2.45) is 5.92 Å². The molecule has 2 amide bonds. The molecule has 3 aromatic rings. The number of hydrogen-bond acceptors (Lipinski definition) is 3. The van der Waals surface area contributed by atoms with E-state index in [1.165, 1.54) is 29.2 Å². The number of alkyl halides is 2. The summed E-state index contributed by atoms with van der Waals surface area (Å²) in [5, 5.41) is 12.4. The van der Waals surface area contributed by atoms with Crippen LogP contribution in [0.1, 0.15) is 63.7 Å². The van der Waals surface area contributed by atoms with E-state index in [1.54, 1.807) is 54.6 Å². The summed E-state index contributed by atoms with van der Waals surface area (Å²) in [6.45, 7) is 4.16. The second-order valence-electron chi connectivity index (χ2n) is 9.83. The van der Waals surface area contributed by atoms with Crippen LogP contribution in [0.4, 0.5) is 13.2 Å². The smallest absolute Gasteiger partial charge is 0.248 e. The summed E-state index contributed by atoms with van der Waals surface area (Å²) in [6.07, 6.45) is 0.151. The minimum absolute atomic E-state index is 0. The average molecular weight is 557 g/mol. The number of benzene rings is 3. The van der Waals surface area contributed by atoms with Crippen molar-refractivity contribution in [1.29, 1.82) is 0 Å². The van der Waals surface area contributed by atoms with E-state index in [0.29, 0.717) is 17.5 Å². The van der Waals surface area contributed by atoms with Crippen LogP contribution in [0, 0.1) is 11.7 Å². The lowest BCUT2D eigenvalue weighted by Gasteiger charge is -2.33. The van der Waals surface area contributed by atoms with Crippen LogP contribution in [0.25, 0.3) is 0 Å². The number of phenols is 1. The molecule has 0 saturated heterocycles. The van der Waals surface area contributed by atoms with Gasteiger partial charge in [0.15, 0.2) is 0 Å². The standard InChI is InChI=1S/C30H31F3N2O3.C2H6.H2/c31-25-11-6-22(7-12-25)19-34-29(38)28(24-4-2-1-3-5-24)35(20-23-16-17-30(32,33)18-23)27(37)15-10-21-8-13-26(36)14-9-21;1-2;/h1-9,11-14,23,28,36H,10,15-20H2,(H,34,38);1-2H3;1H. The molecule has 0 radical (unpaired) electrons. The number of nitrogens with one attached hydrogen (secondary N) is 1. The van der Waals surface area contributed by atoms with Gasteiger partial charge < -0.3 is 15.3 Å². The van der Waals surface area contributed by atoms with Crippen LogP contribution < -0.4 is 5.32 Å². The molecule has 216 valence electrons. The number of aromatic hydroxyl groups is 1. The van der Waals surface area contributed by atoms with Crippen molar-refractivity contribution in [3.8, 4) is 5.75 Å². The molecule has 1 aliphatic carbocycles. The van der Waals surface area contributed by atoms with Crippen LogP contribution in [-0.4, -0.2) is 34.3 Å². The number of hydrogen-bond donors (Lipinski definition) is 2. The van der Waals surface area contributed by atoms with Gasteiger partial charge in [0.2, 0.25) is 17.7 Å². The van der Waals surface area contributed by atoms with Gasteiger partial charge in [-0.1, -0.05) is 68.4 Å². The van der Waals surface area contributed by atoms with Crippen LogP contribution in [-0.2, 0) is 22.6 Å². The molecule has 4 rings (SSSR count). The minimum Gasteiger partial charge on any atom is -0.508 e. The average Bonchev–Trinajstić information content (AvgIpc) is 3.31. The molecule has 2 N–H and O–H groups in total. The van der Waals surface area contributed by atoms with E-state index < -0.39 is 23.8 Å². The van der Waals surface area contributed by atoms with E-state index in [-0.39, 0.29) is 57.7 Å². The summed E-state index contributed by atoms with van der Waals surface area (Å²) in [7, 11) is 0. The first-order chi connectivity index (χ1) is 19.2. The Balaban J connectivity index is 0.00000192. The third kappa shape index (κ3) is 8.86. The van der Waals surface area contributed by atoms with Crippen LogP contribution in [0.2, 0.25) is 0 Å². The number of carbonyl (C=O) groups excluding carboxylic acids is 2. The summed E-state index contributed by atoms with van der Waals surface area (Å²) >= 11 is 0. The van der Waals surface area contributed by atoms with E-state index >= 15 is 0 Å². The fourth-order valence-electron chi connectivity index (χ4n) is 4.88. The Hall–Kier alpha value is -3.81. The molecule has 5 nitrogen and oxygen atoms in total. The Morgan fingerprint density at radius 2 is 1.62 bits per heavy atom. The third-order valence-electron chi connectivity index (χ3n) is 6.90. The molecular weight excluding hydrogens is 517 g/mol. The molecule has 1 saturated carbocycles. The first-order valence-electron chi connectivity index (χ1n) is 13.7. The first kappa shape index (κ1) is 30.7. The van der Waals surface area contributed by atoms with E-state index in [0.717, 1.165) is 5.56 Å². The lowest BCUT2D eigenvalue weighted by atomic mass is 9.99. The Kier molecular flexibility index (Phi) is 11.2. The number of rotatable bonds is 10. The molecule has 0 aliphatic heterocycles. The first-order valence-corrected chi connectivity index (χ1v) is 13.7. The summed E-state index contributed by atoms with van der Waals surface area (Å²) in [5.74, 6) is -4.24. The summed E-state index contributed by atoms with van der Waals surface area (Å²) in [6, 6.07) is 20.0. The number of phenolic OH excluding ortho intramolecular Hbond substituents is 1. The second-order valence-corrected chi connectivity index (χ2v) is 9.83. The van der Waals surface area contributed by atoms with Gasteiger partial charge in [-0.15, -0.1) is 0 Å². The highest BCUT2D eigenvalue weighted by molar-refractivity contribution is 5.88. The zero-order valence-corrected chi connectivity index (χ0v) is 23.0. The third-order valence-corrected chi connectivity index (χ3v) is 6.90. The van der Waals surface area contributed by atoms with Crippen molar-refractivity contribution in [3.05, 3.63) is 101 Å². The van der Waals surface area contributed by atoms with Gasteiger partial charge in [0, 0.05) is 33.8 Å². The fourth-order valence-corrected chi connectivity index (χ4v) is 4.88. The van der Waals surface area contributed by atoms with E-state index in [2.05, 4.69) is 5.32 Å².